The fourth-order valence-electron chi connectivity index (χ4n) is 8.85. The van der Waals surface area contributed by atoms with Gasteiger partial charge in [0, 0.05) is 13.0 Å². The number of fused-ring (bicyclic) bond motifs is 5. The number of carbonyl (C=O) groups excluding carboxylic acids is 3. The van der Waals surface area contributed by atoms with Crippen molar-refractivity contribution in [2.75, 3.05) is 52.0 Å². The molecule has 57 heavy (non-hydrogen) atoms. The molecule has 5 N–H and O–H groups in total. The summed E-state index contributed by atoms with van der Waals surface area (Å²) in [6, 6.07) is 8.85. The van der Waals surface area contributed by atoms with E-state index in [1.54, 1.807) is 27.7 Å². The second-order valence-electron chi connectivity index (χ2n) is 15.8. The number of hydrogen-bond donors (Lipinski definition) is 4. The van der Waals surface area contributed by atoms with E-state index in [2.05, 4.69) is 23.6 Å². The molecule has 15 nitrogen and oxygen atoms in total. The van der Waals surface area contributed by atoms with Crippen LogP contribution in [0.5, 0.6) is 17.2 Å². The van der Waals surface area contributed by atoms with E-state index in [4.69, 9.17) is 38.3 Å². The molecule has 0 aliphatic heterocycles. The van der Waals surface area contributed by atoms with Crippen molar-refractivity contribution < 1.29 is 56.6 Å². The molecule has 5 rings (SSSR count). The summed E-state index contributed by atoms with van der Waals surface area (Å²) in [5, 5.41) is 15.6. The number of amides is 3. The number of phosphoric ester groups is 1. The predicted molar refractivity (Wildman–Crippen MR) is 213 cm³/mol. The average Bonchev–Trinajstić information content (AvgIpc) is 3.48. The molecule has 16 heteroatoms. The minimum atomic E-state index is -3.77. The van der Waals surface area contributed by atoms with Gasteiger partial charge in [-0.2, -0.15) is 0 Å². The number of phenols is 1. The monoisotopic (exact) mass is 817 g/mol. The second-order valence-corrected chi connectivity index (χ2v) is 17.3. The van der Waals surface area contributed by atoms with Gasteiger partial charge in [-0.05, 0) is 125 Å². The lowest BCUT2D eigenvalue weighted by Crippen LogP contribution is -2.45. The number of aromatic hydroxyl groups is 1. The summed E-state index contributed by atoms with van der Waals surface area (Å²) in [4.78, 5) is 36.4. The van der Waals surface area contributed by atoms with E-state index in [1.807, 2.05) is 12.1 Å². The first-order chi connectivity index (χ1) is 27.1. The number of nitrogens with two attached hydrogens (primary N) is 1. The van der Waals surface area contributed by atoms with E-state index in [0.29, 0.717) is 36.7 Å². The minimum absolute atomic E-state index is 0.00000208. The molecule has 3 amide bonds. The molecule has 5 atom stereocenters. The molecular weight excluding hydrogens is 757 g/mol. The highest BCUT2D eigenvalue weighted by atomic mass is 31.2. The van der Waals surface area contributed by atoms with Gasteiger partial charge in [0.1, 0.15) is 23.7 Å². The molecule has 3 aliphatic carbocycles. The number of phosphoric acid groups is 1. The number of nitrogens with one attached hydrogen (secondary N) is 2. The molecule has 5 unspecified atom stereocenters. The zero-order chi connectivity index (χ0) is 41.3. The molecule has 2 saturated carbocycles. The summed E-state index contributed by atoms with van der Waals surface area (Å²) >= 11 is 0. The summed E-state index contributed by atoms with van der Waals surface area (Å²) in [6.45, 7) is 10.6. The van der Waals surface area contributed by atoms with Gasteiger partial charge in [0.25, 0.3) is 5.91 Å². The van der Waals surface area contributed by atoms with E-state index >= 15 is 0 Å². The average molecular weight is 818 g/mol. The van der Waals surface area contributed by atoms with E-state index < -0.39 is 25.4 Å². The molecule has 0 bridgehead atoms. The van der Waals surface area contributed by atoms with Crippen LogP contribution >= 0.6 is 7.82 Å². The maximum Gasteiger partial charge on any atom is 0.530 e. The number of anilines is 1. The first-order valence-electron chi connectivity index (χ1n) is 20.0. The largest absolute Gasteiger partial charge is 0.530 e. The van der Waals surface area contributed by atoms with Crippen LogP contribution in [-0.2, 0) is 43.8 Å². The zero-order valence-electron chi connectivity index (χ0n) is 34.0. The van der Waals surface area contributed by atoms with Crippen LogP contribution in [0.1, 0.15) is 101 Å². The van der Waals surface area contributed by atoms with Crippen molar-refractivity contribution in [3.05, 3.63) is 47.0 Å². The molecule has 3 aliphatic rings. The minimum Gasteiger partial charge on any atom is -0.505 e. The summed E-state index contributed by atoms with van der Waals surface area (Å²) in [7, 11) is -2.44. The van der Waals surface area contributed by atoms with E-state index in [0.717, 1.165) is 38.5 Å². The highest BCUT2D eigenvalue weighted by Crippen LogP contribution is 2.62. The molecule has 316 valence electrons. The van der Waals surface area contributed by atoms with Crippen LogP contribution in [0.4, 0.5) is 5.69 Å². The van der Waals surface area contributed by atoms with Crippen LogP contribution in [0.15, 0.2) is 30.3 Å². The second kappa shape index (κ2) is 19.8. The maximum absolute atomic E-state index is 13.4. The summed E-state index contributed by atoms with van der Waals surface area (Å²) in [5.41, 5.74) is 7.74. The van der Waals surface area contributed by atoms with Crippen molar-refractivity contribution >= 4 is 31.2 Å². The molecular formula is C41H60N3O12P. The molecule has 0 spiro atoms. The number of ether oxygens (including phenoxy) is 4. The Morgan fingerprint density at radius 3 is 2.39 bits per heavy atom. The first-order valence-corrected chi connectivity index (χ1v) is 21.4. The fraction of sp³-hybridized carbons (Fsp3) is 0.634. The SMILES string of the molecule is COc1ccc(NC(=O)COCCOCCNC(=O)CCOC2CCC3C4CCc5cc(OP(=O)(OC(C)C)OC(C)C)ccc5C4CCC23C)c(O)c1C(N)=O. The molecule has 0 heterocycles. The number of rotatable bonds is 21. The summed E-state index contributed by atoms with van der Waals surface area (Å²) < 4.78 is 52.7. The Hall–Kier alpha value is -3.72. The lowest BCUT2D eigenvalue weighted by molar-refractivity contribution is -0.124. The van der Waals surface area contributed by atoms with Crippen LogP contribution in [0.2, 0.25) is 0 Å². The number of hydrogen-bond acceptors (Lipinski definition) is 12. The Kier molecular flexibility index (Phi) is 15.4. The number of carbonyl (C=O) groups is 3. The van der Waals surface area contributed by atoms with Crippen LogP contribution in [0, 0.1) is 17.3 Å². The molecule has 2 fully saturated rings. The number of primary amides is 1. The Labute approximate surface area is 335 Å². The van der Waals surface area contributed by atoms with E-state index in [-0.39, 0.29) is 79.5 Å². The Morgan fingerprint density at radius 2 is 1.68 bits per heavy atom. The van der Waals surface area contributed by atoms with Gasteiger partial charge in [-0.25, -0.2) is 4.57 Å². The molecule has 0 radical (unpaired) electrons. The van der Waals surface area contributed by atoms with E-state index in [1.165, 1.54) is 30.4 Å². The predicted octanol–water partition coefficient (Wildman–Crippen LogP) is 6.26. The zero-order valence-corrected chi connectivity index (χ0v) is 34.9. The third-order valence-corrected chi connectivity index (χ3v) is 13.0. The Bertz CT molecular complexity index is 1760. The standard InChI is InChI=1S/C41H60N3O12P/c1-25(2)54-57(49,55-26(3)4)56-28-8-10-29-27(23-28)7-9-31-30(29)15-17-41(5)32(31)11-14-35(41)53-19-16-36(45)43-18-20-51-21-22-52-24-37(46)44-33-12-13-34(50-6)38(39(33)47)40(42)48/h8,10,12-13,23,25-26,30-32,35,47H,7,9,11,14-22,24H2,1-6H3,(H2,42,48)(H,43,45)(H,44,46). The lowest BCUT2D eigenvalue weighted by Gasteiger charge is -2.50. The number of aryl methyl sites for hydroxylation is 1. The van der Waals surface area contributed by atoms with Gasteiger partial charge in [-0.1, -0.05) is 13.0 Å². The van der Waals surface area contributed by atoms with Crippen LogP contribution in [-0.4, -0.2) is 87.8 Å². The van der Waals surface area contributed by atoms with Gasteiger partial charge in [-0.3, -0.25) is 23.4 Å². The van der Waals surface area contributed by atoms with Crippen molar-refractivity contribution in [2.24, 2.45) is 23.0 Å². The Morgan fingerprint density at radius 1 is 0.947 bits per heavy atom. The van der Waals surface area contributed by atoms with Crippen molar-refractivity contribution in [2.45, 2.75) is 104 Å². The van der Waals surface area contributed by atoms with Gasteiger partial charge in [0.15, 0.2) is 5.75 Å². The van der Waals surface area contributed by atoms with Gasteiger partial charge in [0.05, 0.1) is 57.5 Å². The van der Waals surface area contributed by atoms with Crippen LogP contribution in [0.25, 0.3) is 0 Å². The topological polar surface area (TPSA) is 203 Å². The molecule has 0 saturated heterocycles. The lowest BCUT2D eigenvalue weighted by atomic mass is 9.55. The highest BCUT2D eigenvalue weighted by molar-refractivity contribution is 7.49. The summed E-state index contributed by atoms with van der Waals surface area (Å²) in [6.07, 6.45) is 6.01. The highest BCUT2D eigenvalue weighted by Gasteiger charge is 2.55. The fourth-order valence-corrected chi connectivity index (χ4v) is 10.4. The van der Waals surface area contributed by atoms with Gasteiger partial charge in [0.2, 0.25) is 11.8 Å². The van der Waals surface area contributed by atoms with Gasteiger partial charge in [-0.15, -0.1) is 0 Å². The van der Waals surface area contributed by atoms with Crippen molar-refractivity contribution in [3.63, 3.8) is 0 Å². The van der Waals surface area contributed by atoms with Crippen molar-refractivity contribution in [3.8, 4) is 17.2 Å². The van der Waals surface area contributed by atoms with E-state index in [9.17, 15) is 24.1 Å². The normalized spacial score (nSPS) is 22.7. The summed E-state index contributed by atoms with van der Waals surface area (Å²) in [5.74, 6) is 0.128. The maximum atomic E-state index is 13.4. The smallest absolute Gasteiger partial charge is 0.505 e. The van der Waals surface area contributed by atoms with Gasteiger partial charge >= 0.3 is 7.82 Å². The Balaban J connectivity index is 0.975. The van der Waals surface area contributed by atoms with Crippen LogP contribution in [0.3, 0.4) is 0 Å². The molecule has 2 aromatic carbocycles. The van der Waals surface area contributed by atoms with Crippen molar-refractivity contribution in [1.29, 1.82) is 0 Å². The number of benzene rings is 2. The molecule has 2 aromatic rings. The van der Waals surface area contributed by atoms with Crippen molar-refractivity contribution in [1.82, 2.24) is 5.32 Å². The third kappa shape index (κ3) is 11.3. The molecule has 0 aromatic heterocycles. The quantitative estimate of drug-likeness (QED) is 0.0627. The van der Waals surface area contributed by atoms with Gasteiger partial charge < -0.3 is 44.9 Å². The number of methoxy groups -OCH3 is 1. The van der Waals surface area contributed by atoms with Crippen LogP contribution < -0.4 is 25.6 Å². The third-order valence-electron chi connectivity index (χ3n) is 11.2. The first kappa shape index (κ1) is 44.4.